The fourth-order valence-corrected chi connectivity index (χ4v) is 2.35. The van der Waals surface area contributed by atoms with E-state index in [-0.39, 0.29) is 36.7 Å². The van der Waals surface area contributed by atoms with Gasteiger partial charge in [-0.15, -0.1) is 12.4 Å². The number of hydrogen-bond donors (Lipinski definition) is 3. The van der Waals surface area contributed by atoms with Crippen LogP contribution in [0, 0.1) is 5.92 Å². The van der Waals surface area contributed by atoms with Crippen molar-refractivity contribution in [1.82, 2.24) is 10.6 Å². The molecule has 2 rings (SSSR count). The minimum Gasteiger partial charge on any atom is -0.484 e. The van der Waals surface area contributed by atoms with Crippen molar-refractivity contribution in [1.29, 1.82) is 0 Å². The quantitative estimate of drug-likeness (QED) is 0.733. The van der Waals surface area contributed by atoms with Gasteiger partial charge in [0.1, 0.15) is 5.75 Å². The Balaban J connectivity index is 0.00000264. The molecule has 1 aliphatic rings. The SMILES string of the molecule is CCNC(=O)COc1ccc(NC(=O)C2CCCNC2)cc1.Cl. The zero-order chi connectivity index (χ0) is 15.8. The molecule has 1 saturated heterocycles. The summed E-state index contributed by atoms with van der Waals surface area (Å²) in [6.45, 7) is 4.16. The third-order valence-electron chi connectivity index (χ3n) is 3.53. The number of nitrogens with one attached hydrogen (secondary N) is 3. The molecule has 7 heteroatoms. The molecule has 23 heavy (non-hydrogen) atoms. The summed E-state index contributed by atoms with van der Waals surface area (Å²) in [5.74, 6) is 0.527. The van der Waals surface area contributed by atoms with Gasteiger partial charge >= 0.3 is 0 Å². The Bertz CT molecular complexity index is 502. The van der Waals surface area contributed by atoms with Gasteiger partial charge in [0.25, 0.3) is 5.91 Å². The summed E-state index contributed by atoms with van der Waals surface area (Å²) in [6.07, 6.45) is 1.96. The molecule has 0 saturated carbocycles. The summed E-state index contributed by atoms with van der Waals surface area (Å²) in [4.78, 5) is 23.4. The number of likely N-dealkylation sites (N-methyl/N-ethyl adjacent to an activating group) is 1. The molecule has 0 spiro atoms. The van der Waals surface area contributed by atoms with Crippen molar-refractivity contribution < 1.29 is 14.3 Å². The average Bonchev–Trinajstić information content (AvgIpc) is 2.55. The molecule has 2 amide bonds. The molecule has 0 aliphatic carbocycles. The topological polar surface area (TPSA) is 79.5 Å². The molecule has 1 unspecified atom stereocenters. The first-order chi connectivity index (χ1) is 10.7. The number of ether oxygens (including phenoxy) is 1. The predicted molar refractivity (Wildman–Crippen MR) is 92.1 cm³/mol. The largest absolute Gasteiger partial charge is 0.484 e. The third kappa shape index (κ3) is 6.46. The summed E-state index contributed by atoms with van der Waals surface area (Å²) in [5, 5.41) is 8.80. The van der Waals surface area contributed by atoms with Crippen LogP contribution >= 0.6 is 12.4 Å². The minimum absolute atomic E-state index is 0. The third-order valence-corrected chi connectivity index (χ3v) is 3.53. The van der Waals surface area contributed by atoms with E-state index in [1.54, 1.807) is 24.3 Å². The highest BCUT2D eigenvalue weighted by Gasteiger charge is 2.20. The number of piperidine rings is 1. The van der Waals surface area contributed by atoms with Crippen molar-refractivity contribution in [3.8, 4) is 5.75 Å². The molecule has 1 aromatic rings. The van der Waals surface area contributed by atoms with E-state index in [0.29, 0.717) is 12.3 Å². The van der Waals surface area contributed by atoms with Crippen LogP contribution in [0.25, 0.3) is 0 Å². The van der Waals surface area contributed by atoms with E-state index < -0.39 is 0 Å². The van der Waals surface area contributed by atoms with E-state index >= 15 is 0 Å². The van der Waals surface area contributed by atoms with Crippen molar-refractivity contribution in [2.75, 3.05) is 31.6 Å². The molecule has 6 nitrogen and oxygen atoms in total. The number of amides is 2. The maximum absolute atomic E-state index is 12.1. The molecule has 1 aliphatic heterocycles. The highest BCUT2D eigenvalue weighted by Crippen LogP contribution is 2.18. The molecule has 128 valence electrons. The van der Waals surface area contributed by atoms with Gasteiger partial charge in [-0.2, -0.15) is 0 Å². The van der Waals surface area contributed by atoms with Crippen LogP contribution in [0.2, 0.25) is 0 Å². The monoisotopic (exact) mass is 341 g/mol. The van der Waals surface area contributed by atoms with Crippen LogP contribution in [0.4, 0.5) is 5.69 Å². The summed E-state index contributed by atoms with van der Waals surface area (Å²) in [7, 11) is 0. The Kier molecular flexibility index (Phi) is 8.43. The highest BCUT2D eigenvalue weighted by molar-refractivity contribution is 5.92. The minimum atomic E-state index is -0.148. The van der Waals surface area contributed by atoms with Gasteiger partial charge in [-0.3, -0.25) is 9.59 Å². The van der Waals surface area contributed by atoms with Crippen molar-refractivity contribution in [3.63, 3.8) is 0 Å². The first kappa shape index (κ1) is 19.3. The van der Waals surface area contributed by atoms with E-state index in [1.807, 2.05) is 6.92 Å². The van der Waals surface area contributed by atoms with E-state index in [9.17, 15) is 9.59 Å². The lowest BCUT2D eigenvalue weighted by Crippen LogP contribution is -2.37. The second-order valence-electron chi connectivity index (χ2n) is 5.30. The van der Waals surface area contributed by atoms with Crippen LogP contribution in [0.1, 0.15) is 19.8 Å². The van der Waals surface area contributed by atoms with E-state index in [2.05, 4.69) is 16.0 Å². The second-order valence-corrected chi connectivity index (χ2v) is 5.30. The van der Waals surface area contributed by atoms with Crippen LogP contribution < -0.4 is 20.7 Å². The van der Waals surface area contributed by atoms with Gasteiger partial charge in [-0.25, -0.2) is 0 Å². The van der Waals surface area contributed by atoms with Gasteiger partial charge in [-0.1, -0.05) is 0 Å². The molecule has 1 fully saturated rings. The van der Waals surface area contributed by atoms with Crippen molar-refractivity contribution in [3.05, 3.63) is 24.3 Å². The molecule has 0 bridgehead atoms. The van der Waals surface area contributed by atoms with Gasteiger partial charge in [-0.05, 0) is 50.6 Å². The summed E-state index contributed by atoms with van der Waals surface area (Å²) in [6, 6.07) is 7.05. The molecule has 3 N–H and O–H groups in total. The number of benzene rings is 1. The van der Waals surface area contributed by atoms with Gasteiger partial charge in [0, 0.05) is 18.8 Å². The Morgan fingerprint density at radius 1 is 1.30 bits per heavy atom. The standard InChI is InChI=1S/C16H23N3O3.ClH/c1-2-18-15(20)11-22-14-7-5-13(6-8-14)19-16(21)12-4-3-9-17-10-12;/h5-8,12,17H,2-4,9-11H2,1H3,(H,18,20)(H,19,21);1H. The molecule has 1 heterocycles. The Hall–Kier alpha value is -1.79. The normalized spacial score (nSPS) is 16.8. The molecule has 0 radical (unpaired) electrons. The van der Waals surface area contributed by atoms with E-state index in [1.165, 1.54) is 0 Å². The molecular formula is C16H24ClN3O3. The van der Waals surface area contributed by atoms with Gasteiger partial charge in [0.15, 0.2) is 6.61 Å². The van der Waals surface area contributed by atoms with Crippen LogP contribution in [-0.2, 0) is 9.59 Å². The molecule has 1 aromatic carbocycles. The number of carbonyl (C=O) groups excluding carboxylic acids is 2. The van der Waals surface area contributed by atoms with Gasteiger partial charge in [0.2, 0.25) is 5.91 Å². The lowest BCUT2D eigenvalue weighted by Gasteiger charge is -2.21. The van der Waals surface area contributed by atoms with Crippen LogP contribution in [0.3, 0.4) is 0 Å². The Labute approximate surface area is 142 Å². The zero-order valence-electron chi connectivity index (χ0n) is 13.3. The maximum Gasteiger partial charge on any atom is 0.257 e. The number of anilines is 1. The predicted octanol–water partition coefficient (Wildman–Crippen LogP) is 1.56. The first-order valence-electron chi connectivity index (χ1n) is 7.70. The number of rotatable bonds is 6. The lowest BCUT2D eigenvalue weighted by molar-refractivity contribution is -0.123. The highest BCUT2D eigenvalue weighted by atomic mass is 35.5. The van der Waals surface area contributed by atoms with Crippen molar-refractivity contribution in [2.24, 2.45) is 5.92 Å². The maximum atomic E-state index is 12.1. The Morgan fingerprint density at radius 2 is 2.04 bits per heavy atom. The fourth-order valence-electron chi connectivity index (χ4n) is 2.35. The van der Waals surface area contributed by atoms with E-state index in [4.69, 9.17) is 4.74 Å². The molecule has 0 aromatic heterocycles. The summed E-state index contributed by atoms with van der Waals surface area (Å²) in [5.41, 5.74) is 0.737. The van der Waals surface area contributed by atoms with Crippen LogP contribution in [0.15, 0.2) is 24.3 Å². The van der Waals surface area contributed by atoms with Gasteiger partial charge < -0.3 is 20.7 Å². The summed E-state index contributed by atoms with van der Waals surface area (Å²) >= 11 is 0. The number of halogens is 1. The van der Waals surface area contributed by atoms with Gasteiger partial charge in [0.05, 0.1) is 5.92 Å². The van der Waals surface area contributed by atoms with Crippen molar-refractivity contribution >= 4 is 29.9 Å². The molecule has 1 atom stereocenters. The fraction of sp³-hybridized carbons (Fsp3) is 0.500. The number of carbonyl (C=O) groups is 2. The van der Waals surface area contributed by atoms with Crippen LogP contribution in [0.5, 0.6) is 5.75 Å². The van der Waals surface area contributed by atoms with Crippen molar-refractivity contribution in [2.45, 2.75) is 19.8 Å². The average molecular weight is 342 g/mol. The summed E-state index contributed by atoms with van der Waals surface area (Å²) < 4.78 is 5.36. The zero-order valence-corrected chi connectivity index (χ0v) is 14.1. The lowest BCUT2D eigenvalue weighted by atomic mass is 9.99. The molecular weight excluding hydrogens is 318 g/mol. The van der Waals surface area contributed by atoms with Crippen LogP contribution in [-0.4, -0.2) is 38.1 Å². The first-order valence-corrected chi connectivity index (χ1v) is 7.70. The van der Waals surface area contributed by atoms with E-state index in [0.717, 1.165) is 31.6 Å². The Morgan fingerprint density at radius 3 is 2.65 bits per heavy atom. The second kappa shape index (κ2) is 10.1. The smallest absolute Gasteiger partial charge is 0.257 e. The number of hydrogen-bond acceptors (Lipinski definition) is 4.